The van der Waals surface area contributed by atoms with Crippen LogP contribution in [0.3, 0.4) is 0 Å². The lowest BCUT2D eigenvalue weighted by Gasteiger charge is -2.05. The van der Waals surface area contributed by atoms with Gasteiger partial charge in [0.2, 0.25) is 0 Å². The average molecular weight is 309 g/mol. The van der Waals surface area contributed by atoms with Crippen molar-refractivity contribution in [2.45, 2.75) is 6.54 Å². The van der Waals surface area contributed by atoms with Gasteiger partial charge in [-0.25, -0.2) is 4.98 Å². The number of anilines is 1. The number of para-hydroxylation sites is 1. The number of halogens is 2. The van der Waals surface area contributed by atoms with E-state index in [-0.39, 0.29) is 0 Å². The SMILES string of the molecule is Clc1ccc(NCc2nc3ccccc3s2)cc1Cl. The molecule has 0 aliphatic carbocycles. The molecule has 1 aromatic heterocycles. The molecule has 1 heterocycles. The second kappa shape index (κ2) is 5.37. The van der Waals surface area contributed by atoms with Crippen LogP contribution in [0.25, 0.3) is 10.2 Å². The standard InChI is InChI=1S/C14H10Cl2N2S/c15-10-6-5-9(7-11(10)16)17-8-14-18-12-3-1-2-4-13(12)19-14/h1-7,17H,8H2. The minimum atomic E-state index is 0.552. The predicted molar refractivity (Wildman–Crippen MR) is 83.4 cm³/mol. The number of thiazole rings is 1. The highest BCUT2D eigenvalue weighted by atomic mass is 35.5. The fourth-order valence-corrected chi connectivity index (χ4v) is 2.98. The van der Waals surface area contributed by atoms with Crippen molar-refractivity contribution in [2.24, 2.45) is 0 Å². The summed E-state index contributed by atoms with van der Waals surface area (Å²) in [7, 11) is 0. The molecule has 0 radical (unpaired) electrons. The Morgan fingerprint density at radius 3 is 2.68 bits per heavy atom. The van der Waals surface area contributed by atoms with Gasteiger partial charge in [0.15, 0.2) is 0 Å². The Labute approximate surface area is 125 Å². The molecule has 3 aromatic rings. The molecule has 0 aliphatic rings. The summed E-state index contributed by atoms with van der Waals surface area (Å²) in [6, 6.07) is 13.6. The lowest BCUT2D eigenvalue weighted by molar-refractivity contribution is 1.12. The molecule has 0 amide bonds. The molecule has 0 aliphatic heterocycles. The molecule has 5 heteroatoms. The van der Waals surface area contributed by atoms with Gasteiger partial charge in [-0.1, -0.05) is 35.3 Å². The molecule has 0 fully saturated rings. The number of nitrogens with zero attached hydrogens (tertiary/aromatic N) is 1. The van der Waals surface area contributed by atoms with Gasteiger partial charge in [0.25, 0.3) is 0 Å². The van der Waals surface area contributed by atoms with E-state index in [0.717, 1.165) is 16.2 Å². The summed E-state index contributed by atoms with van der Waals surface area (Å²) in [4.78, 5) is 4.56. The highest BCUT2D eigenvalue weighted by Crippen LogP contribution is 2.26. The molecule has 2 nitrogen and oxygen atoms in total. The van der Waals surface area contributed by atoms with Crippen LogP contribution in [0.15, 0.2) is 42.5 Å². The van der Waals surface area contributed by atoms with Crippen LogP contribution >= 0.6 is 34.5 Å². The van der Waals surface area contributed by atoms with E-state index in [1.165, 1.54) is 4.70 Å². The molecule has 0 saturated heterocycles. The van der Waals surface area contributed by atoms with Crippen LogP contribution in [-0.2, 0) is 6.54 Å². The molecule has 0 unspecified atom stereocenters. The number of hydrogen-bond acceptors (Lipinski definition) is 3. The van der Waals surface area contributed by atoms with Gasteiger partial charge in [-0.3, -0.25) is 0 Å². The Bertz CT molecular complexity index is 691. The van der Waals surface area contributed by atoms with Gasteiger partial charge in [0.05, 0.1) is 26.8 Å². The van der Waals surface area contributed by atoms with E-state index in [4.69, 9.17) is 23.2 Å². The molecule has 0 atom stereocenters. The monoisotopic (exact) mass is 308 g/mol. The van der Waals surface area contributed by atoms with Crippen molar-refractivity contribution in [3.63, 3.8) is 0 Å². The molecule has 19 heavy (non-hydrogen) atoms. The maximum Gasteiger partial charge on any atom is 0.113 e. The molecule has 2 aromatic carbocycles. The lowest BCUT2D eigenvalue weighted by Crippen LogP contribution is -1.98. The molecule has 0 bridgehead atoms. The van der Waals surface area contributed by atoms with Gasteiger partial charge >= 0.3 is 0 Å². The van der Waals surface area contributed by atoms with E-state index in [0.29, 0.717) is 16.6 Å². The summed E-state index contributed by atoms with van der Waals surface area (Å²) >= 11 is 13.5. The third kappa shape index (κ3) is 2.84. The fourth-order valence-electron chi connectivity index (χ4n) is 1.78. The molecule has 0 saturated carbocycles. The van der Waals surface area contributed by atoms with Crippen molar-refractivity contribution in [2.75, 3.05) is 5.32 Å². The van der Waals surface area contributed by atoms with Crippen LogP contribution < -0.4 is 5.32 Å². The van der Waals surface area contributed by atoms with E-state index in [2.05, 4.69) is 16.4 Å². The number of rotatable bonds is 3. The van der Waals surface area contributed by atoms with Gasteiger partial charge in [0.1, 0.15) is 5.01 Å². The quantitative estimate of drug-likeness (QED) is 0.718. The van der Waals surface area contributed by atoms with Crippen molar-refractivity contribution >= 4 is 50.4 Å². The minimum Gasteiger partial charge on any atom is -0.378 e. The van der Waals surface area contributed by atoms with Crippen molar-refractivity contribution in [1.82, 2.24) is 4.98 Å². The van der Waals surface area contributed by atoms with E-state index in [1.807, 2.05) is 30.3 Å². The van der Waals surface area contributed by atoms with Gasteiger partial charge in [-0.15, -0.1) is 11.3 Å². The zero-order chi connectivity index (χ0) is 13.2. The van der Waals surface area contributed by atoms with Crippen LogP contribution in [0.4, 0.5) is 5.69 Å². The topological polar surface area (TPSA) is 24.9 Å². The van der Waals surface area contributed by atoms with E-state index < -0.39 is 0 Å². The van der Waals surface area contributed by atoms with Gasteiger partial charge < -0.3 is 5.32 Å². The van der Waals surface area contributed by atoms with Crippen molar-refractivity contribution in [1.29, 1.82) is 0 Å². The molecular weight excluding hydrogens is 299 g/mol. The van der Waals surface area contributed by atoms with Crippen LogP contribution in [0.5, 0.6) is 0 Å². The van der Waals surface area contributed by atoms with Gasteiger partial charge in [-0.2, -0.15) is 0 Å². The van der Waals surface area contributed by atoms with Crippen molar-refractivity contribution < 1.29 is 0 Å². The third-order valence-corrected chi connectivity index (χ3v) is 4.48. The first kappa shape index (κ1) is 12.7. The molecule has 96 valence electrons. The highest BCUT2D eigenvalue weighted by molar-refractivity contribution is 7.18. The van der Waals surface area contributed by atoms with Crippen LogP contribution in [0, 0.1) is 0 Å². The molecular formula is C14H10Cl2N2S. The normalized spacial score (nSPS) is 10.8. The van der Waals surface area contributed by atoms with Crippen LogP contribution in [-0.4, -0.2) is 4.98 Å². The fraction of sp³-hybridized carbons (Fsp3) is 0.0714. The zero-order valence-electron chi connectivity index (χ0n) is 9.86. The van der Waals surface area contributed by atoms with E-state index in [9.17, 15) is 0 Å². The first-order chi connectivity index (χ1) is 9.22. The summed E-state index contributed by atoms with van der Waals surface area (Å²) in [5.74, 6) is 0. The van der Waals surface area contributed by atoms with Crippen molar-refractivity contribution in [3.05, 3.63) is 57.5 Å². The lowest BCUT2D eigenvalue weighted by atomic mass is 10.3. The number of hydrogen-bond donors (Lipinski definition) is 1. The summed E-state index contributed by atoms with van der Waals surface area (Å²) in [5, 5.41) is 5.46. The second-order valence-corrected chi connectivity index (χ2v) is 5.99. The van der Waals surface area contributed by atoms with Crippen molar-refractivity contribution in [3.8, 4) is 0 Å². The number of nitrogens with one attached hydrogen (secondary N) is 1. The van der Waals surface area contributed by atoms with Crippen LogP contribution in [0.1, 0.15) is 5.01 Å². The summed E-state index contributed by atoms with van der Waals surface area (Å²) in [6.45, 7) is 0.678. The smallest absolute Gasteiger partial charge is 0.113 e. The maximum atomic E-state index is 5.97. The van der Waals surface area contributed by atoms with E-state index >= 15 is 0 Å². The highest BCUT2D eigenvalue weighted by Gasteiger charge is 2.04. The number of benzene rings is 2. The second-order valence-electron chi connectivity index (χ2n) is 4.06. The largest absolute Gasteiger partial charge is 0.378 e. The predicted octanol–water partition coefficient (Wildman–Crippen LogP) is 5.22. The van der Waals surface area contributed by atoms with Gasteiger partial charge in [0, 0.05) is 5.69 Å². The zero-order valence-corrected chi connectivity index (χ0v) is 12.2. The van der Waals surface area contributed by atoms with Gasteiger partial charge in [-0.05, 0) is 30.3 Å². The Morgan fingerprint density at radius 2 is 1.89 bits per heavy atom. The maximum absolute atomic E-state index is 5.97. The van der Waals surface area contributed by atoms with E-state index in [1.54, 1.807) is 17.4 Å². The van der Waals surface area contributed by atoms with Crippen LogP contribution in [0.2, 0.25) is 10.0 Å². The Hall–Kier alpha value is -1.29. The first-order valence-corrected chi connectivity index (χ1v) is 7.33. The number of fused-ring (bicyclic) bond motifs is 1. The summed E-state index contributed by atoms with van der Waals surface area (Å²) in [6.07, 6.45) is 0. The Morgan fingerprint density at radius 1 is 1.05 bits per heavy atom. The summed E-state index contributed by atoms with van der Waals surface area (Å²) in [5.41, 5.74) is 1.98. The molecule has 3 rings (SSSR count). The summed E-state index contributed by atoms with van der Waals surface area (Å²) < 4.78 is 1.20. The first-order valence-electron chi connectivity index (χ1n) is 5.76. The third-order valence-electron chi connectivity index (χ3n) is 2.70. The molecule has 1 N–H and O–H groups in total. The minimum absolute atomic E-state index is 0.552. The number of aromatic nitrogens is 1. The Kier molecular flexibility index (Phi) is 3.60. The molecule has 0 spiro atoms. The average Bonchev–Trinajstić information content (AvgIpc) is 2.83. The Balaban J connectivity index is 1.76.